The van der Waals surface area contributed by atoms with Gasteiger partial charge >= 0.3 is 29.6 Å². The summed E-state index contributed by atoms with van der Waals surface area (Å²) >= 11 is 0. The third-order valence-corrected chi connectivity index (χ3v) is 6.29. The summed E-state index contributed by atoms with van der Waals surface area (Å²) in [6.07, 6.45) is 14.6. The van der Waals surface area contributed by atoms with Crippen molar-refractivity contribution in [3.8, 4) is 17.2 Å². The molecule has 32 heavy (non-hydrogen) atoms. The van der Waals surface area contributed by atoms with Crippen molar-refractivity contribution in [3.63, 3.8) is 0 Å². The van der Waals surface area contributed by atoms with E-state index in [0.29, 0.717) is 11.5 Å². The van der Waals surface area contributed by atoms with Crippen LogP contribution in [0.4, 0.5) is 0 Å². The monoisotopic (exact) mass is 470 g/mol. The van der Waals surface area contributed by atoms with Crippen molar-refractivity contribution >= 4 is 10.1 Å². The molecule has 0 aliphatic rings. The number of benzene rings is 2. The van der Waals surface area contributed by atoms with Crippen molar-refractivity contribution in [2.45, 2.75) is 88.9 Å². The van der Waals surface area contributed by atoms with Gasteiger partial charge in [-0.2, -0.15) is 8.42 Å². The van der Waals surface area contributed by atoms with E-state index in [1.165, 1.54) is 82.1 Å². The minimum atomic E-state index is -4.32. The molecule has 0 atom stereocenters. The zero-order chi connectivity index (χ0) is 22.5. The van der Waals surface area contributed by atoms with Gasteiger partial charge in [0.25, 0.3) is 10.1 Å². The second-order valence-corrected chi connectivity index (χ2v) is 9.53. The average molecular weight is 471 g/mol. The second kappa shape index (κ2) is 15.7. The molecule has 2 rings (SSSR count). The molecule has 0 saturated carbocycles. The van der Waals surface area contributed by atoms with Gasteiger partial charge in [-0.3, -0.25) is 4.55 Å². The Kier molecular flexibility index (Phi) is 14.2. The van der Waals surface area contributed by atoms with E-state index in [4.69, 9.17) is 4.74 Å². The van der Waals surface area contributed by atoms with Crippen LogP contribution in [0.15, 0.2) is 47.4 Å². The first kappa shape index (κ1) is 29.0. The van der Waals surface area contributed by atoms with Gasteiger partial charge in [-0.05, 0) is 36.6 Å². The van der Waals surface area contributed by atoms with Gasteiger partial charge in [0.15, 0.2) is 0 Å². The molecule has 2 aromatic rings. The molecule has 1 N–H and O–H groups in total. The van der Waals surface area contributed by atoms with E-state index in [1.54, 1.807) is 18.2 Å². The fraction of sp³-hybridized carbons (Fsp3) is 0.520. The summed E-state index contributed by atoms with van der Waals surface area (Å²) in [4.78, 5) is -0.203. The van der Waals surface area contributed by atoms with Crippen LogP contribution in [0.3, 0.4) is 0 Å². The molecular formula is C25H35NaO5S. The number of ether oxygens (including phenoxy) is 1. The van der Waals surface area contributed by atoms with Crippen molar-refractivity contribution in [1.82, 2.24) is 0 Å². The first-order chi connectivity index (χ1) is 14.9. The van der Waals surface area contributed by atoms with Crippen LogP contribution in [0.1, 0.15) is 83.1 Å². The quantitative estimate of drug-likeness (QED) is 0.244. The molecule has 172 valence electrons. The van der Waals surface area contributed by atoms with E-state index in [2.05, 4.69) is 6.92 Å². The van der Waals surface area contributed by atoms with Gasteiger partial charge in [0.2, 0.25) is 0 Å². The van der Waals surface area contributed by atoms with Crippen LogP contribution in [-0.2, 0) is 16.5 Å². The summed E-state index contributed by atoms with van der Waals surface area (Å²) < 4.78 is 38.2. The van der Waals surface area contributed by atoms with E-state index >= 15 is 0 Å². The molecule has 0 fully saturated rings. The van der Waals surface area contributed by atoms with Crippen LogP contribution in [0.25, 0.3) is 0 Å². The molecule has 0 radical (unpaired) electrons. The van der Waals surface area contributed by atoms with Gasteiger partial charge in [0.1, 0.15) is 11.5 Å². The summed E-state index contributed by atoms with van der Waals surface area (Å²) in [5.74, 6) is 0.716. The SMILES string of the molecule is CCCCCCCCCCCCCc1ccc(S(=O)(=O)O)cc1Oc1ccc([O-])cc1.[Na+]. The standard InChI is InChI=1S/C25H36O5S.Na/c1-2-3-4-5-6-7-8-9-10-11-12-13-21-14-19-24(31(27,28)29)20-25(21)30-23-17-15-22(26)16-18-23;/h14-20,26H,2-13H2,1H3,(H,27,28,29);/q;+1/p-1. The minimum absolute atomic E-state index is 0. The van der Waals surface area contributed by atoms with Gasteiger partial charge in [0, 0.05) is 6.07 Å². The average Bonchev–Trinajstić information content (AvgIpc) is 2.73. The fourth-order valence-electron chi connectivity index (χ4n) is 3.61. The van der Waals surface area contributed by atoms with E-state index in [9.17, 15) is 18.1 Å². The molecule has 0 unspecified atom stereocenters. The number of aryl methyl sites for hydroxylation is 1. The van der Waals surface area contributed by atoms with Gasteiger partial charge in [-0.1, -0.05) is 89.3 Å². The smallest absolute Gasteiger partial charge is 0.872 e. The second-order valence-electron chi connectivity index (χ2n) is 8.10. The zero-order valence-corrected chi connectivity index (χ0v) is 22.3. The summed E-state index contributed by atoms with van der Waals surface area (Å²) in [6.45, 7) is 2.24. The molecule has 5 nitrogen and oxygen atoms in total. The first-order valence-electron chi connectivity index (χ1n) is 11.5. The predicted octanol–water partition coefficient (Wildman–Crippen LogP) is 3.66. The summed E-state index contributed by atoms with van der Waals surface area (Å²) in [7, 11) is -4.32. The molecule has 2 aromatic carbocycles. The Hall–Kier alpha value is -1.05. The van der Waals surface area contributed by atoms with Crippen molar-refractivity contribution in [2.24, 2.45) is 0 Å². The van der Waals surface area contributed by atoms with E-state index in [0.717, 1.165) is 24.8 Å². The molecule has 0 saturated heterocycles. The Labute approximate surface area is 215 Å². The summed E-state index contributed by atoms with van der Waals surface area (Å²) in [5.41, 5.74) is 0.884. The van der Waals surface area contributed by atoms with Gasteiger partial charge in [-0.15, -0.1) is 5.75 Å². The molecule has 0 amide bonds. The van der Waals surface area contributed by atoms with Crippen LogP contribution in [0.5, 0.6) is 17.2 Å². The molecule has 0 heterocycles. The maximum absolute atomic E-state index is 11.5. The molecule has 0 bridgehead atoms. The predicted molar refractivity (Wildman–Crippen MR) is 122 cm³/mol. The number of unbranched alkanes of at least 4 members (excludes halogenated alkanes) is 10. The summed E-state index contributed by atoms with van der Waals surface area (Å²) in [5, 5.41) is 11.3. The van der Waals surface area contributed by atoms with E-state index in [-0.39, 0.29) is 40.2 Å². The number of hydrogen-bond donors (Lipinski definition) is 1. The van der Waals surface area contributed by atoms with E-state index in [1.807, 2.05) is 0 Å². The zero-order valence-electron chi connectivity index (χ0n) is 19.5. The third-order valence-electron chi connectivity index (χ3n) is 5.44. The number of hydrogen-bond acceptors (Lipinski definition) is 4. The van der Waals surface area contributed by atoms with Crippen LogP contribution in [0.2, 0.25) is 0 Å². The van der Waals surface area contributed by atoms with Crippen LogP contribution in [0, 0.1) is 0 Å². The minimum Gasteiger partial charge on any atom is -0.872 e. The Balaban J connectivity index is 0.00000512. The van der Waals surface area contributed by atoms with Crippen LogP contribution in [-0.4, -0.2) is 13.0 Å². The van der Waals surface area contributed by atoms with Crippen molar-refractivity contribution in [1.29, 1.82) is 0 Å². The Morgan fingerprint density at radius 2 is 1.34 bits per heavy atom. The topological polar surface area (TPSA) is 86.7 Å². The number of rotatable bonds is 15. The molecule has 7 heteroatoms. The Morgan fingerprint density at radius 3 is 1.88 bits per heavy atom. The maximum Gasteiger partial charge on any atom is 1.00 e. The van der Waals surface area contributed by atoms with Gasteiger partial charge < -0.3 is 9.84 Å². The molecule has 0 aromatic heterocycles. The van der Waals surface area contributed by atoms with Gasteiger partial charge in [0.05, 0.1) is 4.90 Å². The molecular weight excluding hydrogens is 435 g/mol. The van der Waals surface area contributed by atoms with Gasteiger partial charge in [-0.25, -0.2) is 0 Å². The first-order valence-corrected chi connectivity index (χ1v) is 12.9. The molecule has 0 aliphatic heterocycles. The van der Waals surface area contributed by atoms with Crippen LogP contribution < -0.4 is 39.4 Å². The normalized spacial score (nSPS) is 11.2. The Morgan fingerprint density at radius 1 is 0.812 bits per heavy atom. The molecule has 0 spiro atoms. The fourth-order valence-corrected chi connectivity index (χ4v) is 4.11. The van der Waals surface area contributed by atoms with Crippen molar-refractivity contribution < 1.29 is 52.4 Å². The van der Waals surface area contributed by atoms with Crippen molar-refractivity contribution in [3.05, 3.63) is 48.0 Å². The Bertz CT molecular complexity index is 882. The van der Waals surface area contributed by atoms with Crippen molar-refractivity contribution in [2.75, 3.05) is 0 Å². The third kappa shape index (κ3) is 11.2. The maximum atomic E-state index is 11.5. The largest absolute Gasteiger partial charge is 1.00 e. The van der Waals surface area contributed by atoms with E-state index < -0.39 is 10.1 Å². The van der Waals surface area contributed by atoms with Crippen LogP contribution >= 0.6 is 0 Å². The summed E-state index contributed by atoms with van der Waals surface area (Å²) in [6, 6.07) is 10.3. The molecule has 0 aliphatic carbocycles.